The first-order chi connectivity index (χ1) is 11.0. The zero-order valence-corrected chi connectivity index (χ0v) is 14.7. The Morgan fingerprint density at radius 2 is 2.09 bits per heavy atom. The van der Waals surface area contributed by atoms with Gasteiger partial charge in [-0.2, -0.15) is 0 Å². The Morgan fingerprint density at radius 3 is 2.78 bits per heavy atom. The molecule has 0 spiro atoms. The predicted octanol–water partition coefficient (Wildman–Crippen LogP) is 2.98. The zero-order chi connectivity index (χ0) is 16.4. The molecule has 0 bridgehead atoms. The molecule has 1 aliphatic heterocycles. The molecule has 1 saturated heterocycles. The average molecular weight is 378 g/mol. The summed E-state index contributed by atoms with van der Waals surface area (Å²) in [4.78, 5) is 19.8. The number of anilines is 1. The van der Waals surface area contributed by atoms with E-state index in [0.717, 1.165) is 47.1 Å². The van der Waals surface area contributed by atoms with Gasteiger partial charge in [0, 0.05) is 29.0 Å². The quantitative estimate of drug-likeness (QED) is 0.887. The summed E-state index contributed by atoms with van der Waals surface area (Å²) in [5.41, 5.74) is 0.996. The van der Waals surface area contributed by atoms with Crippen LogP contribution in [0.25, 0.3) is 10.9 Å². The fourth-order valence-electron chi connectivity index (χ4n) is 3.14. The number of nitrogens with zero attached hydrogens (tertiary/aromatic N) is 3. The van der Waals surface area contributed by atoms with E-state index in [9.17, 15) is 4.79 Å². The van der Waals surface area contributed by atoms with Crippen LogP contribution in [0.15, 0.2) is 34.8 Å². The predicted molar refractivity (Wildman–Crippen MR) is 94.9 cm³/mol. The van der Waals surface area contributed by atoms with Crippen molar-refractivity contribution in [3.63, 3.8) is 0 Å². The Morgan fingerprint density at radius 1 is 1.35 bits per heavy atom. The first-order valence-electron chi connectivity index (χ1n) is 7.76. The van der Waals surface area contributed by atoms with E-state index in [1.54, 1.807) is 0 Å². The Labute approximate surface area is 144 Å². The number of hydrogen-bond donors (Lipinski definition) is 1. The van der Waals surface area contributed by atoms with Gasteiger partial charge in [-0.15, -0.1) is 0 Å². The molecule has 2 heterocycles. The van der Waals surface area contributed by atoms with Crippen LogP contribution in [0, 0.1) is 0 Å². The molecule has 0 radical (unpaired) electrons. The highest BCUT2D eigenvalue weighted by Crippen LogP contribution is 2.24. The van der Waals surface area contributed by atoms with Gasteiger partial charge in [-0.1, -0.05) is 15.9 Å². The van der Waals surface area contributed by atoms with Crippen molar-refractivity contribution in [1.82, 2.24) is 9.88 Å². The van der Waals surface area contributed by atoms with Gasteiger partial charge in [0.25, 0.3) is 0 Å². The molecule has 1 N–H and O–H groups in total. The largest absolute Gasteiger partial charge is 0.480 e. The summed E-state index contributed by atoms with van der Waals surface area (Å²) in [6.45, 7) is 1.92. The molecule has 1 aromatic heterocycles. The molecule has 122 valence electrons. The van der Waals surface area contributed by atoms with Crippen molar-refractivity contribution in [3.8, 4) is 0 Å². The Hall–Kier alpha value is -1.66. The highest BCUT2D eigenvalue weighted by Gasteiger charge is 2.24. The third-order valence-corrected chi connectivity index (χ3v) is 4.93. The van der Waals surface area contributed by atoms with E-state index in [0.29, 0.717) is 6.04 Å². The number of carbonyl (C=O) groups is 1. The van der Waals surface area contributed by atoms with Gasteiger partial charge >= 0.3 is 5.97 Å². The SMILES string of the molecule is CN(CC(=O)O)C1CCN(c2ccc3cc(Br)ccc3n2)CC1. The maximum Gasteiger partial charge on any atom is 0.317 e. The summed E-state index contributed by atoms with van der Waals surface area (Å²) < 4.78 is 1.06. The lowest BCUT2D eigenvalue weighted by Gasteiger charge is -2.36. The third kappa shape index (κ3) is 3.82. The molecule has 3 rings (SSSR count). The van der Waals surface area contributed by atoms with Gasteiger partial charge in [0.05, 0.1) is 12.1 Å². The number of aromatic nitrogens is 1. The van der Waals surface area contributed by atoms with Gasteiger partial charge in [0.1, 0.15) is 5.82 Å². The first kappa shape index (κ1) is 16.2. The molecular formula is C17H20BrN3O2. The molecule has 23 heavy (non-hydrogen) atoms. The molecule has 1 aliphatic rings. The number of piperidine rings is 1. The van der Waals surface area contributed by atoms with Crippen molar-refractivity contribution in [2.75, 3.05) is 31.6 Å². The molecule has 1 aromatic carbocycles. The van der Waals surface area contributed by atoms with Crippen molar-refractivity contribution >= 4 is 38.6 Å². The number of fused-ring (bicyclic) bond motifs is 1. The number of carboxylic acids is 1. The van der Waals surface area contributed by atoms with Crippen LogP contribution >= 0.6 is 15.9 Å². The number of likely N-dealkylation sites (N-methyl/N-ethyl adjacent to an activating group) is 1. The molecule has 1 fully saturated rings. The zero-order valence-electron chi connectivity index (χ0n) is 13.1. The summed E-state index contributed by atoms with van der Waals surface area (Å²) in [6, 6.07) is 10.6. The standard InChI is InChI=1S/C17H20BrN3O2/c1-20(11-17(22)23)14-6-8-21(9-7-14)16-5-2-12-10-13(18)3-4-15(12)19-16/h2-5,10,14H,6-9,11H2,1H3,(H,22,23). The van der Waals surface area contributed by atoms with Crippen LogP contribution in [0.4, 0.5) is 5.82 Å². The van der Waals surface area contributed by atoms with Crippen LogP contribution in [0.5, 0.6) is 0 Å². The van der Waals surface area contributed by atoms with E-state index in [4.69, 9.17) is 10.1 Å². The second-order valence-electron chi connectivity index (χ2n) is 6.03. The second kappa shape index (κ2) is 6.84. The molecule has 2 aromatic rings. The fourth-order valence-corrected chi connectivity index (χ4v) is 3.52. The highest BCUT2D eigenvalue weighted by atomic mass is 79.9. The molecule has 0 atom stereocenters. The van der Waals surface area contributed by atoms with Crippen molar-refractivity contribution in [2.45, 2.75) is 18.9 Å². The van der Waals surface area contributed by atoms with Crippen LogP contribution in [0.2, 0.25) is 0 Å². The fraction of sp³-hybridized carbons (Fsp3) is 0.412. The number of pyridine rings is 1. The minimum absolute atomic E-state index is 0.105. The Balaban J connectivity index is 1.68. The lowest BCUT2D eigenvalue weighted by molar-refractivity contribution is -0.138. The number of hydrogen-bond acceptors (Lipinski definition) is 4. The van der Waals surface area contributed by atoms with E-state index in [1.165, 1.54) is 0 Å². The number of halogens is 1. The Kier molecular flexibility index (Phi) is 4.82. The monoisotopic (exact) mass is 377 g/mol. The van der Waals surface area contributed by atoms with Crippen LogP contribution in [-0.2, 0) is 4.79 Å². The van der Waals surface area contributed by atoms with Crippen LogP contribution in [0.3, 0.4) is 0 Å². The van der Waals surface area contributed by atoms with Crippen LogP contribution < -0.4 is 4.90 Å². The van der Waals surface area contributed by atoms with Crippen molar-refractivity contribution in [1.29, 1.82) is 0 Å². The number of rotatable bonds is 4. The Bertz CT molecular complexity index is 714. The van der Waals surface area contributed by atoms with Gasteiger partial charge in [-0.3, -0.25) is 9.69 Å². The minimum Gasteiger partial charge on any atom is -0.480 e. The van der Waals surface area contributed by atoms with E-state index >= 15 is 0 Å². The number of carboxylic acid groups (broad SMARTS) is 1. The van der Waals surface area contributed by atoms with Crippen LogP contribution in [0.1, 0.15) is 12.8 Å². The molecule has 0 aliphatic carbocycles. The molecule has 5 nitrogen and oxygen atoms in total. The van der Waals surface area contributed by atoms with E-state index in [1.807, 2.05) is 24.1 Å². The van der Waals surface area contributed by atoms with Crippen molar-refractivity contribution in [3.05, 3.63) is 34.8 Å². The topological polar surface area (TPSA) is 56.7 Å². The van der Waals surface area contributed by atoms with Gasteiger partial charge in [0.15, 0.2) is 0 Å². The molecule has 0 unspecified atom stereocenters. The smallest absolute Gasteiger partial charge is 0.317 e. The van der Waals surface area contributed by atoms with Crippen molar-refractivity contribution in [2.24, 2.45) is 0 Å². The van der Waals surface area contributed by atoms with E-state index < -0.39 is 5.97 Å². The van der Waals surface area contributed by atoms with Gasteiger partial charge in [-0.25, -0.2) is 4.98 Å². The average Bonchev–Trinajstić information content (AvgIpc) is 2.54. The molecule has 6 heteroatoms. The van der Waals surface area contributed by atoms with E-state index in [-0.39, 0.29) is 6.54 Å². The second-order valence-corrected chi connectivity index (χ2v) is 6.95. The maximum atomic E-state index is 10.8. The first-order valence-corrected chi connectivity index (χ1v) is 8.55. The number of aliphatic carboxylic acids is 1. The van der Waals surface area contributed by atoms with Gasteiger partial charge in [-0.05, 0) is 50.2 Å². The maximum absolute atomic E-state index is 10.8. The van der Waals surface area contributed by atoms with Crippen LogP contribution in [-0.4, -0.2) is 53.7 Å². The lowest BCUT2D eigenvalue weighted by atomic mass is 10.0. The molecular weight excluding hydrogens is 358 g/mol. The third-order valence-electron chi connectivity index (χ3n) is 4.43. The summed E-state index contributed by atoms with van der Waals surface area (Å²) in [5.74, 6) is 0.233. The molecule has 0 saturated carbocycles. The van der Waals surface area contributed by atoms with Crippen molar-refractivity contribution < 1.29 is 9.90 Å². The summed E-state index contributed by atoms with van der Waals surface area (Å²) >= 11 is 3.48. The highest BCUT2D eigenvalue weighted by molar-refractivity contribution is 9.10. The van der Waals surface area contributed by atoms with Gasteiger partial charge in [0.2, 0.25) is 0 Å². The minimum atomic E-state index is -0.766. The molecule has 0 amide bonds. The summed E-state index contributed by atoms with van der Waals surface area (Å²) in [7, 11) is 1.89. The number of benzene rings is 1. The van der Waals surface area contributed by atoms with Gasteiger partial charge < -0.3 is 10.0 Å². The van der Waals surface area contributed by atoms with E-state index in [2.05, 4.69) is 39.0 Å². The normalized spacial score (nSPS) is 16.2. The summed E-state index contributed by atoms with van der Waals surface area (Å²) in [6.07, 6.45) is 1.92. The lowest BCUT2D eigenvalue weighted by Crippen LogP contribution is -2.45. The summed E-state index contributed by atoms with van der Waals surface area (Å²) in [5, 5.41) is 10.0.